The van der Waals surface area contributed by atoms with Gasteiger partial charge in [-0.25, -0.2) is 4.79 Å². The Bertz CT molecular complexity index is 1260. The van der Waals surface area contributed by atoms with E-state index in [0.29, 0.717) is 32.0 Å². The lowest BCUT2D eigenvalue weighted by Crippen LogP contribution is -2.64. The Morgan fingerprint density at radius 2 is 1.75 bits per heavy atom. The van der Waals surface area contributed by atoms with E-state index in [4.69, 9.17) is 18.8 Å². The van der Waals surface area contributed by atoms with Crippen molar-refractivity contribution in [1.29, 1.82) is 0 Å². The second kappa shape index (κ2) is 12.6. The van der Waals surface area contributed by atoms with E-state index in [1.54, 1.807) is 20.8 Å². The van der Waals surface area contributed by atoms with E-state index in [2.05, 4.69) is 15.3 Å². The van der Waals surface area contributed by atoms with E-state index in [1.807, 2.05) is 58.0 Å². The molecule has 0 spiro atoms. The average molecular weight is 612 g/mol. The predicted molar refractivity (Wildman–Crippen MR) is 164 cm³/mol. The second-order valence-corrected chi connectivity index (χ2v) is 14.2. The zero-order chi connectivity index (χ0) is 32.4. The van der Waals surface area contributed by atoms with Gasteiger partial charge in [-0.15, -0.1) is 0 Å². The summed E-state index contributed by atoms with van der Waals surface area (Å²) in [5.41, 5.74) is 6.00. The number of rotatable bonds is 10. The summed E-state index contributed by atoms with van der Waals surface area (Å²) in [7, 11) is -0.422. The number of nitrogens with zero attached hydrogens (tertiary/aromatic N) is 4. The minimum atomic E-state index is -1.63. The fraction of sp³-hybridized carbons (Fsp3) is 0.710. The normalized spacial score (nSPS) is 25.0. The van der Waals surface area contributed by atoms with Crippen molar-refractivity contribution in [2.45, 2.75) is 121 Å². The third kappa shape index (κ3) is 7.16. The van der Waals surface area contributed by atoms with Crippen LogP contribution >= 0.6 is 0 Å². The van der Waals surface area contributed by atoms with E-state index in [1.165, 1.54) is 4.90 Å². The van der Waals surface area contributed by atoms with Crippen molar-refractivity contribution < 1.29 is 33.2 Å². The standard InChI is InChI=1S/C31H46BN5O7/c1-27(2,3)42-26(40)34-30(16-12-17-30)24(38)37-19-23(15-11-18-32-43-28(4,5)29(6,7)44-32)31(21-37,35-36-33)25(39)41-20-22-13-9-8-10-14-22/h8-10,13-14,23H,11-12,15-21H2,1-7H3,(H,34,40)/t23-,31-/m0/s1. The molecular formula is C31H46BN5O7. The number of hydrogen-bond acceptors (Lipinski definition) is 8. The molecule has 1 aromatic rings. The van der Waals surface area contributed by atoms with Crippen LogP contribution in [0.25, 0.3) is 10.4 Å². The highest BCUT2D eigenvalue weighted by Gasteiger charge is 2.58. The van der Waals surface area contributed by atoms with E-state index in [-0.39, 0.29) is 25.6 Å². The first-order chi connectivity index (χ1) is 20.5. The molecule has 240 valence electrons. The van der Waals surface area contributed by atoms with Crippen LogP contribution in [0.1, 0.15) is 86.1 Å². The van der Waals surface area contributed by atoms with Crippen LogP contribution in [-0.2, 0) is 35.0 Å². The number of benzene rings is 1. The maximum absolute atomic E-state index is 14.0. The molecule has 44 heavy (non-hydrogen) atoms. The Hall–Kier alpha value is -3.28. The first kappa shape index (κ1) is 33.6. The minimum absolute atomic E-state index is 0.00109. The van der Waals surface area contributed by atoms with Crippen molar-refractivity contribution in [3.63, 3.8) is 0 Å². The van der Waals surface area contributed by atoms with Crippen LogP contribution in [0.5, 0.6) is 0 Å². The largest absolute Gasteiger partial charge is 0.460 e. The van der Waals surface area contributed by atoms with Crippen LogP contribution in [0.3, 0.4) is 0 Å². The number of esters is 1. The molecule has 1 saturated carbocycles. The number of azide groups is 1. The number of alkyl carbamates (subject to hydrolysis) is 1. The summed E-state index contributed by atoms with van der Waals surface area (Å²) in [6, 6.07) is 9.23. The molecule has 1 N–H and O–H groups in total. The van der Waals surface area contributed by atoms with Crippen molar-refractivity contribution in [2.75, 3.05) is 13.1 Å². The quantitative estimate of drug-likeness (QED) is 0.120. The first-order valence-corrected chi connectivity index (χ1v) is 15.5. The Balaban J connectivity index is 1.54. The second-order valence-electron chi connectivity index (χ2n) is 14.2. The zero-order valence-corrected chi connectivity index (χ0v) is 27.1. The molecule has 4 rings (SSSR count). The summed E-state index contributed by atoms with van der Waals surface area (Å²) in [6.07, 6.45) is 2.59. The van der Waals surface area contributed by atoms with Gasteiger partial charge in [0, 0.05) is 23.9 Å². The van der Waals surface area contributed by atoms with Gasteiger partial charge >= 0.3 is 19.2 Å². The van der Waals surface area contributed by atoms with Crippen LogP contribution < -0.4 is 5.32 Å². The highest BCUT2D eigenvalue weighted by molar-refractivity contribution is 6.45. The van der Waals surface area contributed by atoms with Gasteiger partial charge in [0.1, 0.15) is 17.7 Å². The van der Waals surface area contributed by atoms with Crippen LogP contribution in [-0.4, -0.2) is 71.0 Å². The van der Waals surface area contributed by atoms with Crippen molar-refractivity contribution in [3.8, 4) is 0 Å². The predicted octanol–water partition coefficient (Wildman–Crippen LogP) is 5.56. The summed E-state index contributed by atoms with van der Waals surface area (Å²) >= 11 is 0. The molecule has 2 heterocycles. The van der Waals surface area contributed by atoms with Gasteiger partial charge < -0.3 is 29.0 Å². The molecule has 0 bridgehead atoms. The Morgan fingerprint density at radius 1 is 1.11 bits per heavy atom. The van der Waals surface area contributed by atoms with Crippen LogP contribution in [0.2, 0.25) is 6.32 Å². The van der Waals surface area contributed by atoms with Crippen molar-refractivity contribution in [1.82, 2.24) is 10.2 Å². The number of likely N-dealkylation sites (tertiary alicyclic amines) is 1. The number of ether oxygens (including phenoxy) is 2. The van der Waals surface area contributed by atoms with Gasteiger partial charge in [-0.05, 0) is 91.6 Å². The van der Waals surface area contributed by atoms with Crippen molar-refractivity contribution in [3.05, 3.63) is 46.3 Å². The Kier molecular flexibility index (Phi) is 9.64. The molecule has 1 aromatic carbocycles. The fourth-order valence-electron chi connectivity index (χ4n) is 6.04. The highest BCUT2D eigenvalue weighted by Crippen LogP contribution is 2.42. The average Bonchev–Trinajstić information content (AvgIpc) is 3.37. The lowest BCUT2D eigenvalue weighted by molar-refractivity contribution is -0.153. The molecule has 2 atom stereocenters. The molecule has 0 aromatic heterocycles. The third-order valence-electron chi connectivity index (χ3n) is 9.28. The van der Waals surface area contributed by atoms with Crippen molar-refractivity contribution in [2.24, 2.45) is 11.0 Å². The van der Waals surface area contributed by atoms with E-state index in [0.717, 1.165) is 12.0 Å². The smallest absolute Gasteiger partial charge is 0.457 e. The molecule has 0 unspecified atom stereocenters. The van der Waals surface area contributed by atoms with E-state index >= 15 is 0 Å². The van der Waals surface area contributed by atoms with Gasteiger partial charge in [-0.2, -0.15) is 0 Å². The van der Waals surface area contributed by atoms with Gasteiger partial charge in [0.2, 0.25) is 5.91 Å². The first-order valence-electron chi connectivity index (χ1n) is 15.5. The number of nitrogens with one attached hydrogen (secondary N) is 1. The van der Waals surface area contributed by atoms with Gasteiger partial charge in [-0.3, -0.25) is 9.59 Å². The summed E-state index contributed by atoms with van der Waals surface area (Å²) in [6.45, 7) is 13.2. The summed E-state index contributed by atoms with van der Waals surface area (Å²) in [5.74, 6) is -1.53. The van der Waals surface area contributed by atoms with Gasteiger partial charge in [0.25, 0.3) is 0 Å². The molecule has 2 saturated heterocycles. The lowest BCUT2D eigenvalue weighted by atomic mass is 9.75. The van der Waals surface area contributed by atoms with Gasteiger partial charge in [0.05, 0.1) is 11.2 Å². The van der Waals surface area contributed by atoms with Gasteiger partial charge in [-0.1, -0.05) is 41.9 Å². The van der Waals surface area contributed by atoms with E-state index in [9.17, 15) is 19.9 Å². The zero-order valence-electron chi connectivity index (χ0n) is 27.1. The lowest BCUT2D eigenvalue weighted by Gasteiger charge is -2.43. The summed E-state index contributed by atoms with van der Waals surface area (Å²) in [4.78, 5) is 45.1. The maximum atomic E-state index is 14.0. The maximum Gasteiger partial charge on any atom is 0.457 e. The molecule has 1 aliphatic carbocycles. The van der Waals surface area contributed by atoms with Crippen LogP contribution in [0.4, 0.5) is 4.79 Å². The monoisotopic (exact) mass is 611 g/mol. The molecule has 12 nitrogen and oxygen atoms in total. The summed E-state index contributed by atoms with van der Waals surface area (Å²) < 4.78 is 23.5. The van der Waals surface area contributed by atoms with Crippen LogP contribution in [0, 0.1) is 5.92 Å². The molecule has 3 aliphatic rings. The van der Waals surface area contributed by atoms with Crippen LogP contribution in [0.15, 0.2) is 35.4 Å². The minimum Gasteiger partial charge on any atom is -0.460 e. The molecular weight excluding hydrogens is 565 g/mol. The third-order valence-corrected chi connectivity index (χ3v) is 9.28. The Labute approximate surface area is 260 Å². The molecule has 13 heteroatoms. The van der Waals surface area contributed by atoms with Gasteiger partial charge in [0.15, 0.2) is 5.54 Å². The summed E-state index contributed by atoms with van der Waals surface area (Å²) in [5, 5.41) is 6.85. The van der Waals surface area contributed by atoms with E-state index < -0.39 is 53.0 Å². The van der Waals surface area contributed by atoms with Crippen molar-refractivity contribution >= 4 is 25.1 Å². The molecule has 0 radical (unpaired) electrons. The Morgan fingerprint density at radius 3 is 2.30 bits per heavy atom. The molecule has 2 aliphatic heterocycles. The SMILES string of the molecule is CC(C)(C)OC(=O)NC1(C(=O)N2C[C@H](CCCB3OC(C)(C)C(C)(C)O3)[C@](N=[N+]=[N-])(C(=O)OCc3ccccc3)C2)CCC1. The molecule has 3 fully saturated rings. The number of carbonyl (C=O) groups excluding carboxylic acids is 3. The number of hydrogen-bond donors (Lipinski definition) is 1. The molecule has 2 amide bonds. The fourth-order valence-corrected chi connectivity index (χ4v) is 6.04. The number of amides is 2. The highest BCUT2D eigenvalue weighted by atomic mass is 16.7. The number of carbonyl (C=O) groups is 3. The topological polar surface area (TPSA) is 152 Å².